The Kier molecular flexibility index (Phi) is 4.69. The fourth-order valence-corrected chi connectivity index (χ4v) is 2.66. The van der Waals surface area contributed by atoms with Crippen molar-refractivity contribution in [3.8, 4) is 0 Å². The number of rotatable bonds is 3. The molecule has 1 fully saturated rings. The lowest BCUT2D eigenvalue weighted by Crippen LogP contribution is -2.48. The molecule has 0 aromatic carbocycles. The van der Waals surface area contributed by atoms with E-state index in [0.717, 1.165) is 0 Å². The average Bonchev–Trinajstić information content (AvgIpc) is 2.41. The highest BCUT2D eigenvalue weighted by Gasteiger charge is 2.45. The number of halogens is 3. The van der Waals surface area contributed by atoms with Crippen LogP contribution < -0.4 is 11.1 Å². The van der Waals surface area contributed by atoms with Gasteiger partial charge in [-0.1, -0.05) is 12.8 Å². The molecule has 1 saturated carbocycles. The molecule has 0 saturated heterocycles. The lowest BCUT2D eigenvalue weighted by atomic mass is 9.84. The summed E-state index contributed by atoms with van der Waals surface area (Å²) in [6, 6.07) is 2.37. The zero-order valence-electron chi connectivity index (χ0n) is 11.5. The van der Waals surface area contributed by atoms with E-state index >= 15 is 0 Å². The predicted molar refractivity (Wildman–Crippen MR) is 72.3 cm³/mol. The van der Waals surface area contributed by atoms with Crippen LogP contribution in [0.3, 0.4) is 0 Å². The number of aromatic nitrogens is 1. The molecule has 1 aliphatic carbocycles. The lowest BCUT2D eigenvalue weighted by molar-refractivity contribution is -0.189. The van der Waals surface area contributed by atoms with Crippen LogP contribution in [0.5, 0.6) is 0 Å². The number of carbonyl (C=O) groups excluding carboxylic acids is 1. The van der Waals surface area contributed by atoms with Gasteiger partial charge in [-0.25, -0.2) is 0 Å². The maximum absolute atomic E-state index is 12.9. The summed E-state index contributed by atoms with van der Waals surface area (Å²) in [6.07, 6.45) is -1.19. The number of hydrogen-bond acceptors (Lipinski definition) is 3. The van der Waals surface area contributed by atoms with Crippen LogP contribution in [0.25, 0.3) is 0 Å². The van der Waals surface area contributed by atoms with E-state index in [2.05, 4.69) is 10.3 Å². The molecule has 1 aromatic heterocycles. The zero-order chi connectivity index (χ0) is 15.5. The summed E-state index contributed by atoms with van der Waals surface area (Å²) in [7, 11) is 0. The number of alkyl halides is 3. The van der Waals surface area contributed by atoms with Gasteiger partial charge in [0.2, 0.25) is 5.91 Å². The molecule has 0 aliphatic heterocycles. The van der Waals surface area contributed by atoms with Crippen molar-refractivity contribution >= 4 is 11.6 Å². The van der Waals surface area contributed by atoms with Crippen molar-refractivity contribution in [2.45, 2.75) is 44.3 Å². The van der Waals surface area contributed by atoms with Crippen molar-refractivity contribution in [1.29, 1.82) is 0 Å². The molecular weight excluding hydrogens is 283 g/mol. The minimum Gasteiger partial charge on any atom is -0.397 e. The first-order valence-electron chi connectivity index (χ1n) is 6.93. The summed E-state index contributed by atoms with van der Waals surface area (Å²) >= 11 is 0. The molecule has 2 rings (SSSR count). The van der Waals surface area contributed by atoms with E-state index in [1.165, 1.54) is 6.20 Å². The van der Waals surface area contributed by atoms with Crippen LogP contribution in [0.15, 0.2) is 18.3 Å². The molecule has 1 aromatic rings. The van der Waals surface area contributed by atoms with Gasteiger partial charge in [-0.05, 0) is 25.0 Å². The number of nitrogens with zero attached hydrogens (tertiary/aromatic N) is 1. The standard InChI is InChI=1S/C14H18F3N3O/c15-14(16,17)11-3-1-2-4-12(11)20-13(21)7-10-6-5-9(18)8-19-10/h5-6,8,11-12H,1-4,7,18H2,(H,20,21). The first kappa shape index (κ1) is 15.6. The molecule has 1 amide bonds. The van der Waals surface area contributed by atoms with E-state index in [1.54, 1.807) is 12.1 Å². The van der Waals surface area contributed by atoms with E-state index in [0.29, 0.717) is 30.6 Å². The number of anilines is 1. The quantitative estimate of drug-likeness (QED) is 0.901. The summed E-state index contributed by atoms with van der Waals surface area (Å²) in [5.74, 6) is -1.89. The monoisotopic (exact) mass is 301 g/mol. The SMILES string of the molecule is Nc1ccc(CC(=O)NC2CCCCC2C(F)(F)F)nc1. The maximum Gasteiger partial charge on any atom is 0.393 e. The number of nitrogens with one attached hydrogen (secondary N) is 1. The molecule has 7 heteroatoms. The molecule has 1 aliphatic rings. The molecule has 1 heterocycles. The zero-order valence-corrected chi connectivity index (χ0v) is 11.5. The van der Waals surface area contributed by atoms with Gasteiger partial charge < -0.3 is 11.1 Å². The van der Waals surface area contributed by atoms with E-state index in [9.17, 15) is 18.0 Å². The lowest BCUT2D eigenvalue weighted by Gasteiger charge is -2.33. The molecule has 4 nitrogen and oxygen atoms in total. The summed E-state index contributed by atoms with van der Waals surface area (Å²) in [6.45, 7) is 0. The molecular formula is C14H18F3N3O. The molecule has 0 spiro atoms. The molecule has 2 atom stereocenters. The van der Waals surface area contributed by atoms with Crippen LogP contribution in [0.2, 0.25) is 0 Å². The maximum atomic E-state index is 12.9. The van der Waals surface area contributed by atoms with E-state index in [1.807, 2.05) is 0 Å². The van der Waals surface area contributed by atoms with E-state index < -0.39 is 24.0 Å². The highest BCUT2D eigenvalue weighted by molar-refractivity contribution is 5.78. The molecule has 0 radical (unpaired) electrons. The highest BCUT2D eigenvalue weighted by Crippen LogP contribution is 2.37. The van der Waals surface area contributed by atoms with Crippen LogP contribution in [-0.2, 0) is 11.2 Å². The number of pyridine rings is 1. The summed E-state index contributed by atoms with van der Waals surface area (Å²) < 4.78 is 38.8. The molecule has 3 N–H and O–H groups in total. The van der Waals surface area contributed by atoms with Gasteiger partial charge in [-0.15, -0.1) is 0 Å². The molecule has 21 heavy (non-hydrogen) atoms. The minimum atomic E-state index is -4.27. The third-order valence-corrected chi connectivity index (χ3v) is 3.72. The Bertz CT molecular complexity index is 487. The number of carbonyl (C=O) groups is 1. The van der Waals surface area contributed by atoms with Crippen molar-refractivity contribution in [1.82, 2.24) is 10.3 Å². The molecule has 2 unspecified atom stereocenters. The Hall–Kier alpha value is -1.79. The van der Waals surface area contributed by atoms with Crippen LogP contribution in [0, 0.1) is 5.92 Å². The van der Waals surface area contributed by atoms with Crippen molar-refractivity contribution in [2.75, 3.05) is 5.73 Å². The van der Waals surface area contributed by atoms with Crippen LogP contribution in [0.4, 0.5) is 18.9 Å². The smallest absolute Gasteiger partial charge is 0.393 e. The predicted octanol–water partition coefficient (Wildman–Crippen LogP) is 2.44. The highest BCUT2D eigenvalue weighted by atomic mass is 19.4. The Morgan fingerprint density at radius 1 is 1.33 bits per heavy atom. The Morgan fingerprint density at radius 3 is 2.67 bits per heavy atom. The van der Waals surface area contributed by atoms with Crippen LogP contribution in [-0.4, -0.2) is 23.1 Å². The van der Waals surface area contributed by atoms with Crippen molar-refractivity contribution in [2.24, 2.45) is 5.92 Å². The summed E-state index contributed by atoms with van der Waals surface area (Å²) in [4.78, 5) is 15.9. The van der Waals surface area contributed by atoms with Crippen molar-refractivity contribution in [3.05, 3.63) is 24.0 Å². The van der Waals surface area contributed by atoms with Gasteiger partial charge >= 0.3 is 6.18 Å². The fraction of sp³-hybridized carbons (Fsp3) is 0.571. The number of hydrogen-bond donors (Lipinski definition) is 2. The van der Waals surface area contributed by atoms with E-state index in [4.69, 9.17) is 5.73 Å². The van der Waals surface area contributed by atoms with Crippen LogP contribution in [0.1, 0.15) is 31.4 Å². The Morgan fingerprint density at radius 2 is 2.05 bits per heavy atom. The second kappa shape index (κ2) is 6.32. The third-order valence-electron chi connectivity index (χ3n) is 3.72. The van der Waals surface area contributed by atoms with Gasteiger partial charge in [0, 0.05) is 11.7 Å². The number of amides is 1. The second-order valence-electron chi connectivity index (χ2n) is 5.37. The molecule has 116 valence electrons. The fourth-order valence-electron chi connectivity index (χ4n) is 2.66. The summed E-state index contributed by atoms with van der Waals surface area (Å²) in [5, 5.41) is 2.51. The Balaban J connectivity index is 1.95. The van der Waals surface area contributed by atoms with Gasteiger partial charge in [-0.2, -0.15) is 13.2 Å². The van der Waals surface area contributed by atoms with Gasteiger partial charge in [0.25, 0.3) is 0 Å². The number of nitrogen functional groups attached to an aromatic ring is 1. The topological polar surface area (TPSA) is 68.0 Å². The van der Waals surface area contributed by atoms with Gasteiger partial charge in [0.05, 0.1) is 24.2 Å². The average molecular weight is 301 g/mol. The first-order chi connectivity index (χ1) is 9.86. The largest absolute Gasteiger partial charge is 0.397 e. The van der Waals surface area contributed by atoms with Gasteiger partial charge in [-0.3, -0.25) is 9.78 Å². The van der Waals surface area contributed by atoms with Crippen molar-refractivity contribution in [3.63, 3.8) is 0 Å². The summed E-state index contributed by atoms with van der Waals surface area (Å²) in [5.41, 5.74) is 6.45. The van der Waals surface area contributed by atoms with Gasteiger partial charge in [0.1, 0.15) is 0 Å². The third kappa shape index (κ3) is 4.34. The minimum absolute atomic E-state index is 0.0403. The number of nitrogens with two attached hydrogens (primary N) is 1. The van der Waals surface area contributed by atoms with E-state index in [-0.39, 0.29) is 12.8 Å². The first-order valence-corrected chi connectivity index (χ1v) is 6.93. The normalized spacial score (nSPS) is 22.8. The van der Waals surface area contributed by atoms with Crippen LogP contribution >= 0.6 is 0 Å². The Labute approximate surface area is 120 Å². The second-order valence-corrected chi connectivity index (χ2v) is 5.37. The molecule has 0 bridgehead atoms. The van der Waals surface area contributed by atoms with Crippen molar-refractivity contribution < 1.29 is 18.0 Å². The van der Waals surface area contributed by atoms with Gasteiger partial charge in [0.15, 0.2) is 0 Å².